The molecule has 0 saturated carbocycles. The molecule has 160 valence electrons. The van der Waals surface area contributed by atoms with Crippen molar-refractivity contribution in [1.29, 1.82) is 0 Å². The summed E-state index contributed by atoms with van der Waals surface area (Å²) >= 11 is 5.71. The van der Waals surface area contributed by atoms with E-state index in [2.05, 4.69) is 10.7 Å². The smallest absolute Gasteiger partial charge is 0.191 e. The molecule has 0 atom stereocenters. The monoisotopic (exact) mass is 447 g/mol. The Hall–Kier alpha value is -4.29. The predicted octanol–water partition coefficient (Wildman–Crippen LogP) is 6.34. The van der Waals surface area contributed by atoms with E-state index in [1.165, 1.54) is 0 Å². The van der Waals surface area contributed by atoms with Crippen LogP contribution in [-0.2, 0) is 0 Å². The highest BCUT2D eigenvalue weighted by atomic mass is 32.1. The average molecular weight is 448 g/mol. The zero-order valence-electron chi connectivity index (χ0n) is 17.7. The Morgan fingerprint density at radius 2 is 1.18 bits per heavy atom. The molecule has 0 aliphatic carbocycles. The van der Waals surface area contributed by atoms with Gasteiger partial charge in [0.2, 0.25) is 0 Å². The van der Waals surface area contributed by atoms with Crippen molar-refractivity contribution in [3.05, 3.63) is 115 Å². The number of nitrogens with one attached hydrogen (secondary N) is 2. The molecule has 0 aliphatic heterocycles. The number of para-hydroxylation sites is 3. The fourth-order valence-corrected chi connectivity index (χ4v) is 3.75. The molecule has 1 heterocycles. The van der Waals surface area contributed by atoms with Gasteiger partial charge in [0.05, 0.1) is 16.9 Å². The summed E-state index contributed by atoms with van der Waals surface area (Å²) in [4.78, 5) is 9.54. The molecule has 4 aromatic carbocycles. The number of hydrogen-bond acceptors (Lipinski definition) is 4. The Morgan fingerprint density at radius 3 is 1.82 bits per heavy atom. The van der Waals surface area contributed by atoms with Gasteiger partial charge >= 0.3 is 0 Å². The third-order valence-electron chi connectivity index (χ3n) is 5.11. The Kier molecular flexibility index (Phi) is 5.91. The number of aromatic nitrogens is 2. The van der Waals surface area contributed by atoms with Crippen LogP contribution in [0.3, 0.4) is 0 Å². The maximum Gasteiger partial charge on any atom is 0.191 e. The summed E-state index contributed by atoms with van der Waals surface area (Å²) in [5.41, 5.74) is 7.03. The van der Waals surface area contributed by atoms with Gasteiger partial charge in [-0.25, -0.2) is 9.97 Å². The number of benzene rings is 4. The molecule has 0 aliphatic rings. The molecule has 5 aromatic rings. The van der Waals surface area contributed by atoms with Crippen molar-refractivity contribution in [2.45, 2.75) is 0 Å². The molecular weight excluding hydrogens is 426 g/mol. The summed E-state index contributed by atoms with van der Waals surface area (Å²) in [6.07, 6.45) is 0. The minimum Gasteiger partial charge on any atom is -0.315 e. The third-order valence-corrected chi connectivity index (χ3v) is 5.30. The maximum atomic E-state index is 5.71. The highest BCUT2D eigenvalue weighted by molar-refractivity contribution is 7.80. The van der Waals surface area contributed by atoms with Crippen LogP contribution in [0.2, 0.25) is 0 Å². The first kappa shape index (κ1) is 20.6. The first-order valence-corrected chi connectivity index (χ1v) is 11.0. The molecule has 5 rings (SSSR count). The van der Waals surface area contributed by atoms with E-state index in [9.17, 15) is 0 Å². The molecule has 0 unspecified atom stereocenters. The first-order chi connectivity index (χ1) is 16.3. The average Bonchev–Trinajstić information content (AvgIpc) is 2.89. The standard InChI is InChI=1S/C27H21N5S/c33-27(31-32(21-14-6-2-7-15-21)22-16-8-3-9-17-22)30-26-23-18-10-11-19-24(23)28-25(29-26)20-12-4-1-5-13-20/h1-19H,(H2,28,29,30,31,33). The minimum absolute atomic E-state index is 0.422. The van der Waals surface area contributed by atoms with Crippen LogP contribution < -0.4 is 15.8 Å². The van der Waals surface area contributed by atoms with Gasteiger partial charge in [0, 0.05) is 10.9 Å². The molecule has 33 heavy (non-hydrogen) atoms. The predicted molar refractivity (Wildman–Crippen MR) is 139 cm³/mol. The van der Waals surface area contributed by atoms with Crippen LogP contribution in [0, 0.1) is 0 Å². The van der Waals surface area contributed by atoms with Crippen molar-refractivity contribution < 1.29 is 0 Å². The van der Waals surface area contributed by atoms with Crippen LogP contribution in [0.1, 0.15) is 0 Å². The first-order valence-electron chi connectivity index (χ1n) is 10.6. The van der Waals surface area contributed by atoms with E-state index < -0.39 is 0 Å². The van der Waals surface area contributed by atoms with E-state index in [1.54, 1.807) is 0 Å². The van der Waals surface area contributed by atoms with Crippen molar-refractivity contribution in [1.82, 2.24) is 15.4 Å². The van der Waals surface area contributed by atoms with Gasteiger partial charge in [-0.15, -0.1) is 0 Å². The summed E-state index contributed by atoms with van der Waals surface area (Å²) in [6, 6.07) is 37.9. The van der Waals surface area contributed by atoms with Gasteiger partial charge in [0.15, 0.2) is 10.9 Å². The molecule has 0 fully saturated rings. The van der Waals surface area contributed by atoms with Gasteiger partial charge in [-0.05, 0) is 48.6 Å². The molecule has 6 heteroatoms. The number of hydrazine groups is 1. The molecule has 0 bridgehead atoms. The lowest BCUT2D eigenvalue weighted by Gasteiger charge is -2.27. The fraction of sp³-hybridized carbons (Fsp3) is 0. The highest BCUT2D eigenvalue weighted by Crippen LogP contribution is 2.26. The molecule has 0 spiro atoms. The van der Waals surface area contributed by atoms with Crippen molar-refractivity contribution in [3.8, 4) is 11.4 Å². The van der Waals surface area contributed by atoms with E-state index in [-0.39, 0.29) is 0 Å². The largest absolute Gasteiger partial charge is 0.315 e. The van der Waals surface area contributed by atoms with Crippen LogP contribution in [0.4, 0.5) is 17.2 Å². The van der Waals surface area contributed by atoms with Crippen molar-refractivity contribution in [2.24, 2.45) is 0 Å². The Balaban J connectivity index is 1.48. The number of hydrogen-bond donors (Lipinski definition) is 2. The van der Waals surface area contributed by atoms with E-state index in [4.69, 9.17) is 22.2 Å². The number of rotatable bonds is 5. The van der Waals surface area contributed by atoms with Gasteiger partial charge in [-0.3, -0.25) is 10.4 Å². The quantitative estimate of drug-likeness (QED) is 0.242. The van der Waals surface area contributed by atoms with E-state index >= 15 is 0 Å². The summed E-state index contributed by atoms with van der Waals surface area (Å²) < 4.78 is 0. The number of fused-ring (bicyclic) bond motifs is 1. The lowest BCUT2D eigenvalue weighted by molar-refractivity contribution is 0.942. The fourth-order valence-electron chi connectivity index (χ4n) is 3.56. The summed E-state index contributed by atoms with van der Waals surface area (Å²) in [7, 11) is 0. The second kappa shape index (κ2) is 9.46. The second-order valence-corrected chi connectivity index (χ2v) is 7.76. The maximum absolute atomic E-state index is 5.71. The topological polar surface area (TPSA) is 53.1 Å². The summed E-state index contributed by atoms with van der Waals surface area (Å²) in [5.74, 6) is 1.29. The molecule has 2 N–H and O–H groups in total. The summed E-state index contributed by atoms with van der Waals surface area (Å²) in [6.45, 7) is 0. The Morgan fingerprint density at radius 1 is 0.636 bits per heavy atom. The van der Waals surface area contributed by atoms with Crippen molar-refractivity contribution >= 4 is 45.4 Å². The highest BCUT2D eigenvalue weighted by Gasteiger charge is 2.14. The number of nitrogens with zero attached hydrogens (tertiary/aromatic N) is 3. The van der Waals surface area contributed by atoms with E-state index in [1.807, 2.05) is 120 Å². The second-order valence-electron chi connectivity index (χ2n) is 7.35. The van der Waals surface area contributed by atoms with Gasteiger partial charge in [-0.2, -0.15) is 0 Å². The van der Waals surface area contributed by atoms with E-state index in [0.29, 0.717) is 16.8 Å². The molecule has 0 radical (unpaired) electrons. The Bertz CT molecular complexity index is 1340. The van der Waals surface area contributed by atoms with Crippen LogP contribution in [0.5, 0.6) is 0 Å². The van der Waals surface area contributed by atoms with Crippen LogP contribution in [0.25, 0.3) is 22.3 Å². The Labute approximate surface area is 197 Å². The molecule has 1 aromatic heterocycles. The van der Waals surface area contributed by atoms with Crippen molar-refractivity contribution in [2.75, 3.05) is 10.3 Å². The minimum atomic E-state index is 0.422. The third kappa shape index (κ3) is 4.66. The number of anilines is 3. The number of thiocarbonyl (C=S) groups is 1. The van der Waals surface area contributed by atoms with Crippen LogP contribution >= 0.6 is 12.2 Å². The molecule has 0 saturated heterocycles. The van der Waals surface area contributed by atoms with Gasteiger partial charge in [-0.1, -0.05) is 78.9 Å². The zero-order chi connectivity index (χ0) is 22.5. The van der Waals surface area contributed by atoms with Gasteiger partial charge in [0.25, 0.3) is 0 Å². The zero-order valence-corrected chi connectivity index (χ0v) is 18.5. The molecular formula is C27H21N5S. The van der Waals surface area contributed by atoms with Gasteiger partial charge < -0.3 is 5.32 Å². The SMILES string of the molecule is S=C(Nc1nc(-c2ccccc2)nc2ccccc12)NN(c1ccccc1)c1ccccc1. The van der Waals surface area contributed by atoms with Gasteiger partial charge in [0.1, 0.15) is 5.82 Å². The summed E-state index contributed by atoms with van der Waals surface area (Å²) in [5, 5.41) is 6.55. The van der Waals surface area contributed by atoms with Crippen molar-refractivity contribution in [3.63, 3.8) is 0 Å². The lowest BCUT2D eigenvalue weighted by atomic mass is 10.2. The van der Waals surface area contributed by atoms with Crippen LogP contribution in [0.15, 0.2) is 115 Å². The normalized spacial score (nSPS) is 10.5. The molecule has 0 amide bonds. The molecule has 5 nitrogen and oxygen atoms in total. The van der Waals surface area contributed by atoms with E-state index in [0.717, 1.165) is 27.8 Å². The lowest BCUT2D eigenvalue weighted by Crippen LogP contribution is -2.41. The van der Waals surface area contributed by atoms with Crippen LogP contribution in [-0.4, -0.2) is 15.1 Å².